The minimum absolute atomic E-state index is 0.142. The van der Waals surface area contributed by atoms with E-state index >= 15 is 0 Å². The lowest BCUT2D eigenvalue weighted by Crippen LogP contribution is -2.04. The normalized spacial score (nSPS) is 11.2. The molecule has 96 valence electrons. The van der Waals surface area contributed by atoms with Crippen molar-refractivity contribution in [3.05, 3.63) is 45.0 Å². The van der Waals surface area contributed by atoms with E-state index in [1.54, 1.807) is 6.92 Å². The molecule has 18 heavy (non-hydrogen) atoms. The number of ether oxygens (including phenoxy) is 1. The molecule has 0 aliphatic carbocycles. The van der Waals surface area contributed by atoms with Crippen LogP contribution in [-0.2, 0) is 0 Å². The predicted octanol–water partition coefficient (Wildman–Crippen LogP) is 3.32. The minimum Gasteiger partial charge on any atom is -0.488 e. The Kier molecular flexibility index (Phi) is 4.85. The number of non-ortho nitro benzene ring substituents is 1. The fraction of sp³-hybridized carbons (Fsp3) is 0.250. The molecular weight excluding hydrogens is 258 g/mol. The molecule has 0 aromatic heterocycles. The topological polar surface area (TPSA) is 69.4 Å². The molecule has 6 heteroatoms. The van der Waals surface area contributed by atoms with E-state index in [4.69, 9.17) is 16.3 Å². The zero-order chi connectivity index (χ0) is 13.7. The second kappa shape index (κ2) is 6.16. The zero-order valence-electron chi connectivity index (χ0n) is 9.97. The highest BCUT2D eigenvalue weighted by atomic mass is 35.5. The monoisotopic (exact) mass is 269 g/mol. The summed E-state index contributed by atoms with van der Waals surface area (Å²) in [6.07, 6.45) is 0. The van der Waals surface area contributed by atoms with Gasteiger partial charge in [-0.1, -0.05) is 11.6 Å². The number of carbonyl (C=O) groups excluding carboxylic acids is 1. The number of Topliss-reactive ketones (excluding diaryl/α,β-unsaturated/α-hetero) is 1. The first-order valence-electron chi connectivity index (χ1n) is 5.13. The summed E-state index contributed by atoms with van der Waals surface area (Å²) < 4.78 is 5.39. The van der Waals surface area contributed by atoms with Crippen molar-refractivity contribution in [1.82, 2.24) is 0 Å². The lowest BCUT2D eigenvalue weighted by Gasteiger charge is -2.09. The van der Waals surface area contributed by atoms with Gasteiger partial charge in [-0.25, -0.2) is 0 Å². The van der Waals surface area contributed by atoms with Crippen molar-refractivity contribution in [2.24, 2.45) is 0 Å². The van der Waals surface area contributed by atoms with Gasteiger partial charge < -0.3 is 4.74 Å². The van der Waals surface area contributed by atoms with Crippen molar-refractivity contribution in [1.29, 1.82) is 0 Å². The Morgan fingerprint density at radius 1 is 1.50 bits per heavy atom. The Morgan fingerprint density at radius 3 is 2.67 bits per heavy atom. The molecule has 1 aromatic carbocycles. The number of nitro benzene ring substituents is 1. The van der Waals surface area contributed by atoms with Crippen molar-refractivity contribution < 1.29 is 14.5 Å². The average molecular weight is 270 g/mol. The van der Waals surface area contributed by atoms with Gasteiger partial charge in [0.1, 0.15) is 12.4 Å². The second-order valence-electron chi connectivity index (χ2n) is 3.74. The van der Waals surface area contributed by atoms with Crippen LogP contribution in [0.15, 0.2) is 29.3 Å². The fourth-order valence-corrected chi connectivity index (χ4v) is 1.32. The maximum Gasteiger partial charge on any atom is 0.270 e. The van der Waals surface area contributed by atoms with Crippen molar-refractivity contribution in [3.63, 3.8) is 0 Å². The van der Waals surface area contributed by atoms with Gasteiger partial charge in [0, 0.05) is 17.7 Å². The summed E-state index contributed by atoms with van der Waals surface area (Å²) in [5, 5.41) is 10.6. The number of ketones is 1. The second-order valence-corrected chi connectivity index (χ2v) is 3.96. The van der Waals surface area contributed by atoms with Crippen molar-refractivity contribution >= 4 is 23.1 Å². The molecule has 0 saturated carbocycles. The van der Waals surface area contributed by atoms with Gasteiger partial charge >= 0.3 is 0 Å². The molecule has 0 saturated heterocycles. The molecule has 0 aliphatic heterocycles. The summed E-state index contributed by atoms with van der Waals surface area (Å²) in [7, 11) is 0. The van der Waals surface area contributed by atoms with Gasteiger partial charge in [-0.15, -0.1) is 0 Å². The number of carbonyl (C=O) groups is 1. The molecule has 5 nitrogen and oxygen atoms in total. The summed E-state index contributed by atoms with van der Waals surface area (Å²) in [5.74, 6) is 0.0205. The smallest absolute Gasteiger partial charge is 0.270 e. The molecule has 0 bridgehead atoms. The van der Waals surface area contributed by atoms with Crippen LogP contribution < -0.4 is 4.74 Å². The van der Waals surface area contributed by atoms with Gasteiger partial charge in [-0.05, 0) is 25.5 Å². The number of halogens is 1. The number of rotatable bonds is 5. The number of hydrogen-bond donors (Lipinski definition) is 0. The number of benzene rings is 1. The Morgan fingerprint density at radius 2 is 2.17 bits per heavy atom. The highest BCUT2D eigenvalue weighted by Crippen LogP contribution is 2.25. The number of nitro groups is 1. The summed E-state index contributed by atoms with van der Waals surface area (Å²) in [6.45, 7) is 3.32. The van der Waals surface area contributed by atoms with Gasteiger partial charge in [0.05, 0.1) is 10.5 Å². The van der Waals surface area contributed by atoms with Crippen LogP contribution in [-0.4, -0.2) is 17.3 Å². The van der Waals surface area contributed by atoms with Gasteiger partial charge in [-0.2, -0.15) is 0 Å². The van der Waals surface area contributed by atoms with Crippen LogP contribution >= 0.6 is 11.6 Å². The average Bonchev–Trinajstić information content (AvgIpc) is 2.35. The summed E-state index contributed by atoms with van der Waals surface area (Å²) in [6, 6.07) is 3.91. The maximum absolute atomic E-state index is 11.4. The molecule has 0 amide bonds. The van der Waals surface area contributed by atoms with Crippen LogP contribution in [0.2, 0.25) is 0 Å². The highest BCUT2D eigenvalue weighted by molar-refractivity contribution is 6.25. The van der Waals surface area contributed by atoms with E-state index in [1.807, 2.05) is 0 Å². The molecule has 0 radical (unpaired) electrons. The predicted molar refractivity (Wildman–Crippen MR) is 68.2 cm³/mol. The molecule has 0 atom stereocenters. The molecule has 0 fully saturated rings. The molecular formula is C12H12ClNO4. The Hall–Kier alpha value is -1.88. The third-order valence-corrected chi connectivity index (χ3v) is 2.57. The van der Waals surface area contributed by atoms with E-state index in [0.29, 0.717) is 5.75 Å². The molecule has 0 unspecified atom stereocenters. The molecule has 0 aliphatic rings. The quantitative estimate of drug-likeness (QED) is 0.467. The molecule has 0 heterocycles. The first-order chi connectivity index (χ1) is 8.45. The van der Waals surface area contributed by atoms with Crippen molar-refractivity contribution in [3.8, 4) is 5.75 Å². The third kappa shape index (κ3) is 3.56. The minimum atomic E-state index is -0.555. The summed E-state index contributed by atoms with van der Waals surface area (Å²) in [5.41, 5.74) is 2.20. The van der Waals surface area contributed by atoms with E-state index in [0.717, 1.165) is 5.57 Å². The summed E-state index contributed by atoms with van der Waals surface area (Å²) in [4.78, 5) is 21.5. The van der Waals surface area contributed by atoms with Gasteiger partial charge in [0.15, 0.2) is 5.78 Å². The van der Waals surface area contributed by atoms with Gasteiger partial charge in [-0.3, -0.25) is 14.9 Å². The molecule has 0 N–H and O–H groups in total. The maximum atomic E-state index is 11.4. The van der Waals surface area contributed by atoms with Crippen LogP contribution in [0.4, 0.5) is 5.69 Å². The zero-order valence-corrected chi connectivity index (χ0v) is 10.7. The largest absolute Gasteiger partial charge is 0.488 e. The Bertz CT molecular complexity index is 511. The van der Waals surface area contributed by atoms with Crippen LogP contribution in [0.25, 0.3) is 0 Å². The highest BCUT2D eigenvalue weighted by Gasteiger charge is 2.14. The van der Waals surface area contributed by atoms with Crippen LogP contribution in [0.1, 0.15) is 24.2 Å². The molecule has 1 rings (SSSR count). The Labute approximate surface area is 109 Å². The van der Waals surface area contributed by atoms with E-state index in [9.17, 15) is 14.9 Å². The first kappa shape index (κ1) is 14.2. The van der Waals surface area contributed by atoms with Crippen LogP contribution in [0.3, 0.4) is 0 Å². The third-order valence-electron chi connectivity index (χ3n) is 2.19. The van der Waals surface area contributed by atoms with E-state index in [2.05, 4.69) is 0 Å². The van der Waals surface area contributed by atoms with E-state index in [-0.39, 0.29) is 23.6 Å². The van der Waals surface area contributed by atoms with E-state index < -0.39 is 4.92 Å². The van der Waals surface area contributed by atoms with Crippen LogP contribution in [0.5, 0.6) is 5.75 Å². The number of nitrogens with zero attached hydrogens (tertiary/aromatic N) is 1. The van der Waals surface area contributed by atoms with Crippen LogP contribution in [0, 0.1) is 10.1 Å². The fourth-order valence-electron chi connectivity index (χ4n) is 1.26. The lowest BCUT2D eigenvalue weighted by atomic mass is 10.1. The molecule has 0 spiro atoms. The number of hydrogen-bond acceptors (Lipinski definition) is 4. The van der Waals surface area contributed by atoms with Gasteiger partial charge in [0.25, 0.3) is 5.69 Å². The Balaban J connectivity index is 3.04. The summed E-state index contributed by atoms with van der Waals surface area (Å²) >= 11 is 5.49. The van der Waals surface area contributed by atoms with E-state index in [1.165, 1.54) is 30.7 Å². The standard InChI is InChI=1S/C12H12ClNO4/c1-8(6-13)7-18-12-4-3-10(14(16)17)5-11(12)9(2)15/h3-6H,7H2,1-2H3/b8-6+. The SMILES string of the molecule is CC(=O)c1cc([N+](=O)[O-])ccc1OC/C(C)=C/Cl. The lowest BCUT2D eigenvalue weighted by molar-refractivity contribution is -0.384. The van der Waals surface area contributed by atoms with Crippen molar-refractivity contribution in [2.75, 3.05) is 6.61 Å². The first-order valence-corrected chi connectivity index (χ1v) is 5.57. The van der Waals surface area contributed by atoms with Gasteiger partial charge in [0.2, 0.25) is 0 Å². The van der Waals surface area contributed by atoms with Crippen molar-refractivity contribution in [2.45, 2.75) is 13.8 Å². The molecule has 1 aromatic rings.